The van der Waals surface area contributed by atoms with Crippen LogP contribution in [0.5, 0.6) is 5.75 Å². The largest absolute Gasteiger partial charge is 0.494 e. The summed E-state index contributed by atoms with van der Waals surface area (Å²) in [5.41, 5.74) is 5.51. The number of aliphatic hydroxyl groups is 1. The van der Waals surface area contributed by atoms with Crippen LogP contribution < -0.4 is 10.5 Å². The molecule has 78 valence electrons. The molecule has 0 aliphatic heterocycles. The molecule has 0 saturated heterocycles. The molecular formula is C10H14ClNO2. The van der Waals surface area contributed by atoms with Gasteiger partial charge < -0.3 is 15.6 Å². The number of aliphatic hydroxyl groups excluding tert-OH is 1. The smallest absolute Gasteiger partial charge is 0.119 e. The van der Waals surface area contributed by atoms with Crippen molar-refractivity contribution >= 4 is 11.6 Å². The highest BCUT2D eigenvalue weighted by molar-refractivity contribution is 6.30. The second-order valence-corrected chi connectivity index (χ2v) is 3.47. The third-order valence-corrected chi connectivity index (χ3v) is 2.06. The molecule has 0 radical (unpaired) electrons. The van der Waals surface area contributed by atoms with Gasteiger partial charge in [0.25, 0.3) is 0 Å². The summed E-state index contributed by atoms with van der Waals surface area (Å²) in [6, 6.07) is 6.92. The van der Waals surface area contributed by atoms with Crippen LogP contribution >= 0.6 is 11.6 Å². The van der Waals surface area contributed by atoms with E-state index in [1.807, 2.05) is 0 Å². The average molecular weight is 216 g/mol. The molecule has 4 heteroatoms. The number of ether oxygens (including phenoxy) is 1. The van der Waals surface area contributed by atoms with E-state index < -0.39 is 0 Å². The molecule has 0 amide bonds. The molecular weight excluding hydrogens is 202 g/mol. The molecule has 0 spiro atoms. The highest BCUT2D eigenvalue weighted by Crippen LogP contribution is 2.15. The van der Waals surface area contributed by atoms with Crippen molar-refractivity contribution in [1.29, 1.82) is 0 Å². The van der Waals surface area contributed by atoms with Gasteiger partial charge in [-0.2, -0.15) is 0 Å². The Hall–Kier alpha value is -0.770. The zero-order valence-corrected chi connectivity index (χ0v) is 8.57. The first-order valence-corrected chi connectivity index (χ1v) is 4.85. The fourth-order valence-electron chi connectivity index (χ4n) is 0.950. The molecule has 0 saturated carbocycles. The first-order valence-electron chi connectivity index (χ1n) is 4.47. The summed E-state index contributed by atoms with van der Waals surface area (Å²) in [4.78, 5) is 0. The maximum absolute atomic E-state index is 8.67. The molecule has 1 rings (SSSR count). The number of nitrogens with two attached hydrogens (primary N) is 1. The van der Waals surface area contributed by atoms with E-state index in [9.17, 15) is 0 Å². The van der Waals surface area contributed by atoms with Crippen LogP contribution in [0.3, 0.4) is 0 Å². The Bertz CT molecular complexity index is 263. The lowest BCUT2D eigenvalue weighted by Gasteiger charge is -2.09. The van der Waals surface area contributed by atoms with Crippen molar-refractivity contribution in [3.8, 4) is 5.75 Å². The Labute approximate surface area is 88.4 Å². The van der Waals surface area contributed by atoms with Crippen LogP contribution in [0.1, 0.15) is 6.42 Å². The van der Waals surface area contributed by atoms with Gasteiger partial charge in [-0.25, -0.2) is 0 Å². The van der Waals surface area contributed by atoms with E-state index in [0.717, 1.165) is 5.75 Å². The minimum absolute atomic E-state index is 0.00994. The van der Waals surface area contributed by atoms with Crippen LogP contribution in [0.15, 0.2) is 24.3 Å². The normalized spacial score (nSPS) is 12.5. The molecule has 0 aliphatic carbocycles. The zero-order valence-electron chi connectivity index (χ0n) is 7.82. The van der Waals surface area contributed by atoms with Crippen LogP contribution in [0.4, 0.5) is 0 Å². The first-order chi connectivity index (χ1) is 6.72. The zero-order chi connectivity index (χ0) is 10.4. The van der Waals surface area contributed by atoms with Crippen LogP contribution in [0.2, 0.25) is 5.02 Å². The standard InChI is InChI=1S/C10H14ClNO2/c11-8-1-3-10(4-2-8)14-6-5-9(12)7-13/h1-4,9,13H,5-7,12H2/t9-/m0/s1. The van der Waals surface area contributed by atoms with Gasteiger partial charge in [0.05, 0.1) is 13.2 Å². The number of benzene rings is 1. The Morgan fingerprint density at radius 2 is 2.00 bits per heavy atom. The van der Waals surface area contributed by atoms with E-state index in [1.165, 1.54) is 0 Å². The van der Waals surface area contributed by atoms with Gasteiger partial charge in [-0.15, -0.1) is 0 Å². The topological polar surface area (TPSA) is 55.5 Å². The summed E-state index contributed by atoms with van der Waals surface area (Å²) < 4.78 is 5.38. The van der Waals surface area contributed by atoms with Gasteiger partial charge in [0.15, 0.2) is 0 Å². The van der Waals surface area contributed by atoms with Crippen molar-refractivity contribution in [2.45, 2.75) is 12.5 Å². The molecule has 0 heterocycles. The minimum Gasteiger partial charge on any atom is -0.494 e. The highest BCUT2D eigenvalue weighted by atomic mass is 35.5. The molecule has 14 heavy (non-hydrogen) atoms. The van der Waals surface area contributed by atoms with Gasteiger partial charge in [-0.05, 0) is 30.7 Å². The Kier molecular flexibility index (Phi) is 4.73. The van der Waals surface area contributed by atoms with E-state index in [0.29, 0.717) is 18.1 Å². The summed E-state index contributed by atoms with van der Waals surface area (Å²) in [7, 11) is 0. The fourth-order valence-corrected chi connectivity index (χ4v) is 1.08. The SMILES string of the molecule is N[C@H](CO)CCOc1ccc(Cl)cc1. The predicted octanol–water partition coefficient (Wildman–Crippen LogP) is 1.43. The van der Waals surface area contributed by atoms with Crippen molar-refractivity contribution in [3.63, 3.8) is 0 Å². The van der Waals surface area contributed by atoms with Crippen molar-refractivity contribution in [3.05, 3.63) is 29.3 Å². The van der Waals surface area contributed by atoms with Gasteiger partial charge in [-0.3, -0.25) is 0 Å². The minimum atomic E-state index is -0.206. The van der Waals surface area contributed by atoms with Gasteiger partial charge in [-0.1, -0.05) is 11.6 Å². The fraction of sp³-hybridized carbons (Fsp3) is 0.400. The van der Waals surface area contributed by atoms with Gasteiger partial charge in [0, 0.05) is 11.1 Å². The second kappa shape index (κ2) is 5.86. The molecule has 3 nitrogen and oxygen atoms in total. The Morgan fingerprint density at radius 3 is 2.57 bits per heavy atom. The third-order valence-electron chi connectivity index (χ3n) is 1.81. The van der Waals surface area contributed by atoms with Crippen LogP contribution in [0, 0.1) is 0 Å². The lowest BCUT2D eigenvalue weighted by atomic mass is 10.2. The monoisotopic (exact) mass is 215 g/mol. The van der Waals surface area contributed by atoms with Crippen molar-refractivity contribution in [2.24, 2.45) is 5.73 Å². The van der Waals surface area contributed by atoms with E-state index in [-0.39, 0.29) is 12.6 Å². The van der Waals surface area contributed by atoms with Crippen molar-refractivity contribution in [1.82, 2.24) is 0 Å². The first kappa shape index (κ1) is 11.3. The maximum atomic E-state index is 8.67. The van der Waals surface area contributed by atoms with E-state index in [4.69, 9.17) is 27.2 Å². The molecule has 1 aromatic carbocycles. The summed E-state index contributed by atoms with van der Waals surface area (Å²) in [6.45, 7) is 0.493. The molecule has 0 aliphatic rings. The Balaban J connectivity index is 2.28. The molecule has 3 N–H and O–H groups in total. The second-order valence-electron chi connectivity index (χ2n) is 3.03. The summed E-state index contributed by atoms with van der Waals surface area (Å²) in [5.74, 6) is 0.763. The molecule has 0 bridgehead atoms. The summed E-state index contributed by atoms with van der Waals surface area (Å²) >= 11 is 5.71. The van der Waals surface area contributed by atoms with E-state index in [1.54, 1.807) is 24.3 Å². The van der Waals surface area contributed by atoms with Gasteiger partial charge in [0.2, 0.25) is 0 Å². The van der Waals surface area contributed by atoms with E-state index >= 15 is 0 Å². The van der Waals surface area contributed by atoms with Crippen LogP contribution in [-0.2, 0) is 0 Å². The van der Waals surface area contributed by atoms with Crippen LogP contribution in [-0.4, -0.2) is 24.4 Å². The average Bonchev–Trinajstić information content (AvgIpc) is 2.21. The van der Waals surface area contributed by atoms with Gasteiger partial charge >= 0.3 is 0 Å². The molecule has 0 fully saturated rings. The lowest BCUT2D eigenvalue weighted by Crippen LogP contribution is -2.26. The molecule has 0 unspecified atom stereocenters. The number of hydrogen-bond donors (Lipinski definition) is 2. The highest BCUT2D eigenvalue weighted by Gasteiger charge is 2.00. The quantitative estimate of drug-likeness (QED) is 0.782. The summed E-state index contributed by atoms with van der Waals surface area (Å²) in [6.07, 6.45) is 0.638. The lowest BCUT2D eigenvalue weighted by molar-refractivity contribution is 0.230. The number of hydrogen-bond acceptors (Lipinski definition) is 3. The van der Waals surface area contributed by atoms with Crippen LogP contribution in [0.25, 0.3) is 0 Å². The molecule has 0 aromatic heterocycles. The molecule has 1 atom stereocenters. The van der Waals surface area contributed by atoms with Crippen molar-refractivity contribution < 1.29 is 9.84 Å². The van der Waals surface area contributed by atoms with E-state index in [2.05, 4.69) is 0 Å². The third kappa shape index (κ3) is 3.96. The Morgan fingerprint density at radius 1 is 1.36 bits per heavy atom. The van der Waals surface area contributed by atoms with Crippen molar-refractivity contribution in [2.75, 3.05) is 13.2 Å². The maximum Gasteiger partial charge on any atom is 0.119 e. The summed E-state index contributed by atoms with van der Waals surface area (Å²) in [5, 5.41) is 9.35. The van der Waals surface area contributed by atoms with Gasteiger partial charge in [0.1, 0.15) is 5.75 Å². The number of rotatable bonds is 5. The molecule has 1 aromatic rings. The predicted molar refractivity (Wildman–Crippen MR) is 56.6 cm³/mol. The number of halogens is 1.